The van der Waals surface area contributed by atoms with Gasteiger partial charge in [-0.3, -0.25) is 9.78 Å². The number of fused-ring (bicyclic) bond motifs is 1. The van der Waals surface area contributed by atoms with E-state index in [0.717, 1.165) is 30.9 Å². The molecule has 0 saturated carbocycles. The third-order valence-electron chi connectivity index (χ3n) is 4.64. The monoisotopic (exact) mass is 344 g/mol. The number of anilines is 1. The van der Waals surface area contributed by atoms with Gasteiger partial charge in [0.25, 0.3) is 5.91 Å². The van der Waals surface area contributed by atoms with Gasteiger partial charge in [-0.05, 0) is 41.3 Å². The summed E-state index contributed by atoms with van der Waals surface area (Å²) in [4.78, 5) is 22.9. The number of carbonyl (C=O) groups is 1. The molecule has 2 aromatic heterocycles. The lowest BCUT2D eigenvalue weighted by atomic mass is 10.00. The number of hydrogen-bond acceptors (Lipinski definition) is 4. The fourth-order valence-corrected chi connectivity index (χ4v) is 3.18. The van der Waals surface area contributed by atoms with Gasteiger partial charge in [0, 0.05) is 38.2 Å². The molecule has 0 atom stereocenters. The van der Waals surface area contributed by atoms with Gasteiger partial charge >= 0.3 is 0 Å². The van der Waals surface area contributed by atoms with E-state index in [2.05, 4.69) is 44.5 Å². The molecule has 5 heteroatoms. The molecule has 1 aliphatic rings. The van der Waals surface area contributed by atoms with Crippen LogP contribution < -0.4 is 10.2 Å². The van der Waals surface area contributed by atoms with Crippen molar-refractivity contribution in [1.82, 2.24) is 15.3 Å². The maximum Gasteiger partial charge on any atom is 0.253 e. The number of hydrogen-bond donors (Lipinski definition) is 1. The predicted molar refractivity (Wildman–Crippen MR) is 101 cm³/mol. The zero-order valence-corrected chi connectivity index (χ0v) is 14.4. The van der Waals surface area contributed by atoms with Crippen LogP contribution in [0.5, 0.6) is 0 Å². The summed E-state index contributed by atoms with van der Waals surface area (Å²) in [6, 6.07) is 16.1. The van der Waals surface area contributed by atoms with Crippen molar-refractivity contribution >= 4 is 11.7 Å². The third kappa shape index (κ3) is 3.57. The van der Waals surface area contributed by atoms with Crippen molar-refractivity contribution in [1.29, 1.82) is 0 Å². The number of amides is 1. The van der Waals surface area contributed by atoms with Crippen molar-refractivity contribution in [2.24, 2.45) is 0 Å². The molecule has 0 radical (unpaired) electrons. The molecule has 1 amide bonds. The number of rotatable bonds is 4. The maximum absolute atomic E-state index is 12.1. The largest absolute Gasteiger partial charge is 0.352 e. The minimum atomic E-state index is -0.130. The minimum Gasteiger partial charge on any atom is -0.352 e. The van der Waals surface area contributed by atoms with Gasteiger partial charge in [0.15, 0.2) is 0 Å². The number of aromatic nitrogens is 2. The van der Waals surface area contributed by atoms with Crippen LogP contribution in [-0.2, 0) is 19.5 Å². The molecule has 1 aromatic carbocycles. The number of nitrogens with one attached hydrogen (secondary N) is 1. The fraction of sp³-hybridized carbons (Fsp3) is 0.190. The van der Waals surface area contributed by atoms with Crippen molar-refractivity contribution in [3.8, 4) is 0 Å². The van der Waals surface area contributed by atoms with Crippen molar-refractivity contribution in [2.75, 3.05) is 11.4 Å². The van der Waals surface area contributed by atoms with Crippen LogP contribution >= 0.6 is 0 Å². The normalized spacial score (nSPS) is 13.2. The van der Waals surface area contributed by atoms with Gasteiger partial charge in [0.2, 0.25) is 0 Å². The summed E-state index contributed by atoms with van der Waals surface area (Å²) in [6.45, 7) is 2.31. The van der Waals surface area contributed by atoms with Crippen LogP contribution in [0.15, 0.2) is 67.1 Å². The van der Waals surface area contributed by atoms with Gasteiger partial charge in [-0.15, -0.1) is 0 Å². The predicted octanol–water partition coefficient (Wildman–Crippen LogP) is 2.97. The summed E-state index contributed by atoms with van der Waals surface area (Å²) in [5, 5.41) is 2.89. The van der Waals surface area contributed by atoms with E-state index in [-0.39, 0.29) is 5.91 Å². The topological polar surface area (TPSA) is 58.1 Å². The van der Waals surface area contributed by atoms with Crippen molar-refractivity contribution in [2.45, 2.75) is 19.5 Å². The highest BCUT2D eigenvalue weighted by Crippen LogP contribution is 2.22. The Morgan fingerprint density at radius 2 is 1.92 bits per heavy atom. The van der Waals surface area contributed by atoms with E-state index >= 15 is 0 Å². The summed E-state index contributed by atoms with van der Waals surface area (Å²) in [7, 11) is 0. The van der Waals surface area contributed by atoms with E-state index in [1.54, 1.807) is 24.5 Å². The fourth-order valence-electron chi connectivity index (χ4n) is 3.18. The number of benzene rings is 1. The van der Waals surface area contributed by atoms with E-state index in [1.165, 1.54) is 11.1 Å². The lowest BCUT2D eigenvalue weighted by Gasteiger charge is -2.29. The standard InChI is InChI=1S/C21H20N4O/c26-21(18-6-3-10-22-14-18)24-13-16-7-8-20(23-12-16)25-11-9-17-4-1-2-5-19(17)15-25/h1-8,10,12,14H,9,11,13,15H2,(H,24,26). The summed E-state index contributed by atoms with van der Waals surface area (Å²) in [5.74, 6) is 0.844. The van der Waals surface area contributed by atoms with Crippen LogP contribution in [-0.4, -0.2) is 22.4 Å². The first-order valence-electron chi connectivity index (χ1n) is 8.74. The SMILES string of the molecule is O=C(NCc1ccc(N2CCc3ccccc3C2)nc1)c1cccnc1. The first kappa shape index (κ1) is 16.3. The molecule has 130 valence electrons. The van der Waals surface area contributed by atoms with E-state index in [9.17, 15) is 4.79 Å². The van der Waals surface area contributed by atoms with Crippen molar-refractivity contribution < 1.29 is 4.79 Å². The number of pyridine rings is 2. The summed E-state index contributed by atoms with van der Waals surface area (Å²) >= 11 is 0. The van der Waals surface area contributed by atoms with Crippen LogP contribution in [0.2, 0.25) is 0 Å². The van der Waals surface area contributed by atoms with Gasteiger partial charge in [-0.2, -0.15) is 0 Å². The van der Waals surface area contributed by atoms with Gasteiger partial charge in [0.1, 0.15) is 5.82 Å². The molecule has 0 bridgehead atoms. The smallest absolute Gasteiger partial charge is 0.253 e. The van der Waals surface area contributed by atoms with Gasteiger partial charge in [0.05, 0.1) is 5.56 Å². The molecule has 0 fully saturated rings. The minimum absolute atomic E-state index is 0.130. The Hall–Kier alpha value is -3.21. The molecular weight excluding hydrogens is 324 g/mol. The first-order chi connectivity index (χ1) is 12.8. The average molecular weight is 344 g/mol. The highest BCUT2D eigenvalue weighted by atomic mass is 16.1. The molecule has 4 rings (SSSR count). The average Bonchev–Trinajstić information content (AvgIpc) is 2.72. The molecule has 0 aliphatic carbocycles. The summed E-state index contributed by atoms with van der Waals surface area (Å²) < 4.78 is 0. The Morgan fingerprint density at radius 1 is 1.04 bits per heavy atom. The molecule has 3 heterocycles. The second-order valence-corrected chi connectivity index (χ2v) is 6.39. The third-order valence-corrected chi connectivity index (χ3v) is 4.64. The molecule has 26 heavy (non-hydrogen) atoms. The molecule has 1 N–H and O–H groups in total. The quantitative estimate of drug-likeness (QED) is 0.790. The highest BCUT2D eigenvalue weighted by molar-refractivity contribution is 5.93. The summed E-state index contributed by atoms with van der Waals surface area (Å²) in [5.41, 5.74) is 4.33. The van der Waals surface area contributed by atoms with Crippen LogP contribution in [0.3, 0.4) is 0 Å². The van der Waals surface area contributed by atoms with E-state index in [0.29, 0.717) is 12.1 Å². The second kappa shape index (κ2) is 7.35. The first-order valence-corrected chi connectivity index (χ1v) is 8.74. The Balaban J connectivity index is 1.38. The molecular formula is C21H20N4O. The lowest BCUT2D eigenvalue weighted by Crippen LogP contribution is -2.31. The Morgan fingerprint density at radius 3 is 2.69 bits per heavy atom. The van der Waals surface area contributed by atoms with Gasteiger partial charge in [-0.25, -0.2) is 4.98 Å². The molecule has 0 spiro atoms. The van der Waals surface area contributed by atoms with Gasteiger partial charge < -0.3 is 10.2 Å². The second-order valence-electron chi connectivity index (χ2n) is 6.39. The Labute approximate surface area is 152 Å². The van der Waals surface area contributed by atoms with E-state index < -0.39 is 0 Å². The molecule has 5 nitrogen and oxygen atoms in total. The molecule has 0 unspecified atom stereocenters. The highest BCUT2D eigenvalue weighted by Gasteiger charge is 2.16. The summed E-state index contributed by atoms with van der Waals surface area (Å²) in [6.07, 6.45) is 6.09. The Bertz CT molecular complexity index is 893. The van der Waals surface area contributed by atoms with E-state index in [4.69, 9.17) is 0 Å². The van der Waals surface area contributed by atoms with E-state index in [1.807, 2.05) is 18.3 Å². The van der Waals surface area contributed by atoms with Crippen molar-refractivity contribution in [3.05, 3.63) is 89.4 Å². The molecule has 0 saturated heterocycles. The van der Waals surface area contributed by atoms with Gasteiger partial charge in [-0.1, -0.05) is 30.3 Å². The van der Waals surface area contributed by atoms with Crippen molar-refractivity contribution in [3.63, 3.8) is 0 Å². The number of nitrogens with zero attached hydrogens (tertiary/aromatic N) is 3. The maximum atomic E-state index is 12.1. The molecule has 1 aliphatic heterocycles. The molecule has 3 aromatic rings. The Kier molecular flexibility index (Phi) is 4.60. The van der Waals surface area contributed by atoms with Crippen LogP contribution in [0.25, 0.3) is 0 Å². The van der Waals surface area contributed by atoms with Crippen LogP contribution in [0.1, 0.15) is 27.0 Å². The zero-order chi connectivity index (χ0) is 17.8. The van der Waals surface area contributed by atoms with Crippen LogP contribution in [0, 0.1) is 0 Å². The zero-order valence-electron chi connectivity index (χ0n) is 14.4. The van der Waals surface area contributed by atoms with Crippen LogP contribution in [0.4, 0.5) is 5.82 Å². The number of carbonyl (C=O) groups excluding carboxylic acids is 1. The lowest BCUT2D eigenvalue weighted by molar-refractivity contribution is 0.0950.